The van der Waals surface area contributed by atoms with Crippen molar-refractivity contribution in [3.05, 3.63) is 10.4 Å². The summed E-state index contributed by atoms with van der Waals surface area (Å²) in [6.07, 6.45) is 2.93. The first-order valence-electron chi connectivity index (χ1n) is 7.26. The fraction of sp³-hybridized carbons (Fsp3) is 0.667. The topological polar surface area (TPSA) is 49.6 Å². The highest BCUT2D eigenvalue weighted by atomic mass is 32.1. The van der Waals surface area contributed by atoms with Gasteiger partial charge in [-0.3, -0.25) is 4.79 Å². The Labute approximate surface area is 125 Å². The average Bonchev–Trinajstić information content (AvgIpc) is 3.18. The van der Waals surface area contributed by atoms with E-state index < -0.39 is 0 Å². The fourth-order valence-corrected chi connectivity index (χ4v) is 3.62. The molecule has 1 aliphatic carbocycles. The molecule has 4 nitrogen and oxygen atoms in total. The van der Waals surface area contributed by atoms with E-state index in [1.807, 2.05) is 6.92 Å². The van der Waals surface area contributed by atoms with Crippen LogP contribution < -0.4 is 10.6 Å². The van der Waals surface area contributed by atoms with Gasteiger partial charge in [0.05, 0.1) is 15.6 Å². The van der Waals surface area contributed by atoms with Crippen molar-refractivity contribution in [1.29, 1.82) is 0 Å². The molecule has 2 N–H and O–H groups in total. The molecule has 0 atom stereocenters. The van der Waals surface area contributed by atoms with Gasteiger partial charge >= 0.3 is 0 Å². The predicted octanol–water partition coefficient (Wildman–Crippen LogP) is 2.80. The SMILES string of the molecule is CCC(=O)c1sc(N(C)CCN(C)C)c(C2CC2)c1N. The van der Waals surface area contributed by atoms with Gasteiger partial charge < -0.3 is 15.5 Å². The van der Waals surface area contributed by atoms with Gasteiger partial charge in [-0.15, -0.1) is 11.3 Å². The van der Waals surface area contributed by atoms with Crippen LogP contribution in [0.5, 0.6) is 0 Å². The maximum atomic E-state index is 12.0. The van der Waals surface area contributed by atoms with Gasteiger partial charge in [-0.2, -0.15) is 0 Å². The Kier molecular flexibility index (Phi) is 4.70. The Hall–Kier alpha value is -1.07. The van der Waals surface area contributed by atoms with Gasteiger partial charge in [-0.05, 0) is 32.9 Å². The fourth-order valence-electron chi connectivity index (χ4n) is 2.31. The van der Waals surface area contributed by atoms with Crippen LogP contribution in [0.4, 0.5) is 10.7 Å². The lowest BCUT2D eigenvalue weighted by Gasteiger charge is -2.21. The molecule has 0 spiro atoms. The Bertz CT molecular complexity index is 492. The zero-order valence-corrected chi connectivity index (χ0v) is 13.7. The molecule has 112 valence electrons. The van der Waals surface area contributed by atoms with Crippen LogP contribution in [0.2, 0.25) is 0 Å². The third-order valence-electron chi connectivity index (χ3n) is 3.75. The summed E-state index contributed by atoms with van der Waals surface area (Å²) in [5.74, 6) is 0.739. The number of nitrogens with two attached hydrogens (primary N) is 1. The minimum atomic E-state index is 0.168. The van der Waals surface area contributed by atoms with E-state index in [2.05, 4.69) is 30.9 Å². The summed E-state index contributed by atoms with van der Waals surface area (Å²) >= 11 is 1.58. The first kappa shape index (κ1) is 15.3. The van der Waals surface area contributed by atoms with E-state index in [0.717, 1.165) is 23.7 Å². The van der Waals surface area contributed by atoms with Gasteiger partial charge in [0.15, 0.2) is 5.78 Å². The van der Waals surface area contributed by atoms with Crippen molar-refractivity contribution in [3.8, 4) is 0 Å². The number of ketones is 1. The van der Waals surface area contributed by atoms with Crippen molar-refractivity contribution in [2.45, 2.75) is 32.1 Å². The number of likely N-dealkylation sites (N-methyl/N-ethyl adjacent to an activating group) is 2. The molecule has 1 aromatic heterocycles. The second-order valence-corrected chi connectivity index (χ2v) is 6.84. The molecule has 20 heavy (non-hydrogen) atoms. The molecule has 0 aromatic carbocycles. The Morgan fingerprint density at radius 1 is 1.30 bits per heavy atom. The minimum absolute atomic E-state index is 0.168. The van der Waals surface area contributed by atoms with Crippen LogP contribution in [0.25, 0.3) is 0 Å². The lowest BCUT2D eigenvalue weighted by atomic mass is 10.1. The van der Waals surface area contributed by atoms with E-state index in [9.17, 15) is 4.79 Å². The van der Waals surface area contributed by atoms with Crippen LogP contribution in [0.15, 0.2) is 0 Å². The van der Waals surface area contributed by atoms with E-state index >= 15 is 0 Å². The van der Waals surface area contributed by atoms with Crippen LogP contribution in [-0.2, 0) is 0 Å². The summed E-state index contributed by atoms with van der Waals surface area (Å²) < 4.78 is 0. The van der Waals surface area contributed by atoms with Crippen LogP contribution in [0, 0.1) is 0 Å². The summed E-state index contributed by atoms with van der Waals surface area (Å²) in [5, 5.41) is 1.20. The van der Waals surface area contributed by atoms with E-state index in [4.69, 9.17) is 5.73 Å². The Morgan fingerprint density at radius 2 is 1.95 bits per heavy atom. The number of anilines is 2. The normalized spacial score (nSPS) is 14.8. The van der Waals surface area contributed by atoms with E-state index in [0.29, 0.717) is 12.3 Å². The van der Waals surface area contributed by atoms with Crippen LogP contribution >= 0.6 is 11.3 Å². The van der Waals surface area contributed by atoms with Crippen LogP contribution in [0.3, 0.4) is 0 Å². The predicted molar refractivity (Wildman–Crippen MR) is 87.2 cm³/mol. The number of hydrogen-bond acceptors (Lipinski definition) is 5. The van der Waals surface area contributed by atoms with E-state index in [-0.39, 0.29) is 5.78 Å². The third kappa shape index (κ3) is 3.15. The van der Waals surface area contributed by atoms with Gasteiger partial charge in [0.2, 0.25) is 0 Å². The molecule has 0 aliphatic heterocycles. The van der Waals surface area contributed by atoms with E-state index in [1.165, 1.54) is 23.4 Å². The molecule has 0 radical (unpaired) electrons. The highest BCUT2D eigenvalue weighted by Crippen LogP contribution is 2.51. The molecule has 1 saturated carbocycles. The zero-order valence-electron chi connectivity index (χ0n) is 12.9. The molecular formula is C15H25N3OS. The van der Waals surface area contributed by atoms with Gasteiger partial charge in [-0.1, -0.05) is 6.92 Å². The second kappa shape index (κ2) is 6.14. The highest BCUT2D eigenvalue weighted by Gasteiger charge is 2.33. The zero-order chi connectivity index (χ0) is 14.9. The van der Waals surface area contributed by atoms with Crippen LogP contribution in [0.1, 0.15) is 47.3 Å². The molecule has 0 unspecified atom stereocenters. The number of Topliss-reactive ketones (excluding diaryl/α,β-unsaturated/α-hetero) is 1. The molecule has 1 fully saturated rings. The quantitative estimate of drug-likeness (QED) is 0.786. The smallest absolute Gasteiger partial charge is 0.174 e. The highest BCUT2D eigenvalue weighted by molar-refractivity contribution is 7.18. The largest absolute Gasteiger partial charge is 0.397 e. The van der Waals surface area contributed by atoms with Crippen LogP contribution in [-0.4, -0.2) is 44.9 Å². The Balaban J connectivity index is 2.28. The lowest BCUT2D eigenvalue weighted by molar-refractivity contribution is 0.0993. The van der Waals surface area contributed by atoms with Gasteiger partial charge in [0.25, 0.3) is 0 Å². The number of rotatable bonds is 7. The number of hydrogen-bond donors (Lipinski definition) is 1. The molecule has 0 bridgehead atoms. The third-order valence-corrected chi connectivity index (χ3v) is 5.13. The summed E-state index contributed by atoms with van der Waals surface area (Å²) in [6.45, 7) is 3.84. The Morgan fingerprint density at radius 3 is 2.45 bits per heavy atom. The monoisotopic (exact) mass is 295 g/mol. The van der Waals surface area contributed by atoms with Crippen molar-refractivity contribution < 1.29 is 4.79 Å². The number of carbonyl (C=O) groups excluding carboxylic acids is 1. The minimum Gasteiger partial charge on any atom is -0.397 e. The maximum absolute atomic E-state index is 12.0. The summed E-state index contributed by atoms with van der Waals surface area (Å²) in [5.41, 5.74) is 8.24. The summed E-state index contributed by atoms with van der Waals surface area (Å²) in [6, 6.07) is 0. The molecule has 1 aromatic rings. The molecule has 5 heteroatoms. The maximum Gasteiger partial charge on any atom is 0.174 e. The first-order chi connectivity index (χ1) is 9.45. The van der Waals surface area contributed by atoms with Gasteiger partial charge in [0, 0.05) is 32.1 Å². The van der Waals surface area contributed by atoms with Crippen molar-refractivity contribution in [1.82, 2.24) is 4.90 Å². The number of carbonyl (C=O) groups is 1. The summed E-state index contributed by atoms with van der Waals surface area (Å²) in [7, 11) is 6.25. The van der Waals surface area contributed by atoms with E-state index in [1.54, 1.807) is 11.3 Å². The number of nitrogens with zero attached hydrogens (tertiary/aromatic N) is 2. The summed E-state index contributed by atoms with van der Waals surface area (Å²) in [4.78, 5) is 17.2. The second-order valence-electron chi connectivity index (χ2n) is 5.84. The molecule has 2 rings (SSSR count). The molecule has 0 amide bonds. The lowest BCUT2D eigenvalue weighted by Crippen LogP contribution is -2.28. The number of thiophene rings is 1. The standard InChI is InChI=1S/C15H25N3OS/c1-5-11(19)14-13(16)12(10-6-7-10)15(20-14)18(4)9-8-17(2)3/h10H,5-9,16H2,1-4H3. The van der Waals surface area contributed by atoms with Gasteiger partial charge in [-0.25, -0.2) is 0 Å². The van der Waals surface area contributed by atoms with Crippen molar-refractivity contribution in [2.24, 2.45) is 0 Å². The van der Waals surface area contributed by atoms with Crippen molar-refractivity contribution in [2.75, 3.05) is 44.9 Å². The molecule has 0 saturated heterocycles. The van der Waals surface area contributed by atoms with Crippen molar-refractivity contribution >= 4 is 27.8 Å². The number of nitrogen functional groups attached to an aromatic ring is 1. The first-order valence-corrected chi connectivity index (χ1v) is 8.08. The van der Waals surface area contributed by atoms with Crippen molar-refractivity contribution in [3.63, 3.8) is 0 Å². The molecular weight excluding hydrogens is 270 g/mol. The molecule has 1 heterocycles. The molecule has 1 aliphatic rings. The van der Waals surface area contributed by atoms with Gasteiger partial charge in [0.1, 0.15) is 0 Å². The average molecular weight is 295 g/mol.